The van der Waals surface area contributed by atoms with Crippen LogP contribution in [0.4, 0.5) is 4.39 Å². The minimum absolute atomic E-state index is 0.0708. The van der Waals surface area contributed by atoms with Gasteiger partial charge in [-0.15, -0.1) is 0 Å². The molecule has 0 radical (unpaired) electrons. The average Bonchev–Trinajstić information content (AvgIpc) is 2.52. The van der Waals surface area contributed by atoms with Crippen LogP contribution in [0.5, 0.6) is 5.75 Å². The van der Waals surface area contributed by atoms with E-state index in [4.69, 9.17) is 4.74 Å². The van der Waals surface area contributed by atoms with Crippen molar-refractivity contribution in [2.24, 2.45) is 5.10 Å². The van der Waals surface area contributed by atoms with Crippen molar-refractivity contribution in [1.29, 1.82) is 0 Å². The lowest BCUT2D eigenvalue weighted by Gasteiger charge is -2.23. The summed E-state index contributed by atoms with van der Waals surface area (Å²) < 4.78 is 19.2. The van der Waals surface area contributed by atoms with Gasteiger partial charge in [0.05, 0.1) is 5.71 Å². The SMILES string of the molecule is CC(C)(C)NCC(O)COc1ccc(F)cc1C1=NNC(=O)CC1. The van der Waals surface area contributed by atoms with Crippen LogP contribution in [0.1, 0.15) is 39.2 Å². The first-order chi connectivity index (χ1) is 11.2. The van der Waals surface area contributed by atoms with Gasteiger partial charge in [0.2, 0.25) is 5.91 Å². The molecule has 1 aromatic carbocycles. The van der Waals surface area contributed by atoms with Gasteiger partial charge in [-0.2, -0.15) is 5.10 Å². The quantitative estimate of drug-likeness (QED) is 0.736. The third-order valence-electron chi connectivity index (χ3n) is 3.46. The van der Waals surface area contributed by atoms with E-state index in [9.17, 15) is 14.3 Å². The number of aliphatic hydroxyl groups is 1. The van der Waals surface area contributed by atoms with Gasteiger partial charge in [-0.05, 0) is 39.0 Å². The molecule has 6 nitrogen and oxygen atoms in total. The predicted molar refractivity (Wildman–Crippen MR) is 89.6 cm³/mol. The van der Waals surface area contributed by atoms with Crippen molar-refractivity contribution >= 4 is 11.6 Å². The maximum Gasteiger partial charge on any atom is 0.240 e. The van der Waals surface area contributed by atoms with Crippen LogP contribution < -0.4 is 15.5 Å². The summed E-state index contributed by atoms with van der Waals surface area (Å²) in [7, 11) is 0. The topological polar surface area (TPSA) is 82.9 Å². The summed E-state index contributed by atoms with van der Waals surface area (Å²) in [5.74, 6) is -0.144. The monoisotopic (exact) mass is 337 g/mol. The van der Waals surface area contributed by atoms with Gasteiger partial charge in [0.15, 0.2) is 0 Å². The molecule has 132 valence electrons. The number of rotatable bonds is 6. The van der Waals surface area contributed by atoms with Crippen molar-refractivity contribution in [2.45, 2.75) is 45.3 Å². The summed E-state index contributed by atoms with van der Waals surface area (Å²) in [5, 5.41) is 17.2. The highest BCUT2D eigenvalue weighted by atomic mass is 19.1. The lowest BCUT2D eigenvalue weighted by Crippen LogP contribution is -2.42. The molecule has 2 rings (SSSR count). The molecule has 0 fully saturated rings. The number of hydrogen-bond donors (Lipinski definition) is 3. The molecule has 3 N–H and O–H groups in total. The molecule has 1 aliphatic heterocycles. The van der Waals surface area contributed by atoms with E-state index in [0.717, 1.165) is 0 Å². The molecule has 0 aliphatic carbocycles. The van der Waals surface area contributed by atoms with Crippen LogP contribution >= 0.6 is 0 Å². The van der Waals surface area contributed by atoms with Gasteiger partial charge >= 0.3 is 0 Å². The molecular weight excluding hydrogens is 313 g/mol. The normalized spacial score (nSPS) is 16.4. The third kappa shape index (κ3) is 5.58. The number of nitrogens with one attached hydrogen (secondary N) is 2. The number of hydrazone groups is 1. The number of ether oxygens (including phenoxy) is 1. The van der Waals surface area contributed by atoms with E-state index in [0.29, 0.717) is 36.4 Å². The summed E-state index contributed by atoms with van der Waals surface area (Å²) in [6, 6.07) is 4.12. The Hall–Kier alpha value is -1.99. The van der Waals surface area contributed by atoms with Crippen LogP contribution in [0.3, 0.4) is 0 Å². The summed E-state index contributed by atoms with van der Waals surface area (Å²) in [4.78, 5) is 11.2. The molecule has 7 heteroatoms. The van der Waals surface area contributed by atoms with Gasteiger partial charge in [-0.1, -0.05) is 0 Å². The number of benzene rings is 1. The molecule has 1 unspecified atom stereocenters. The number of hydrogen-bond acceptors (Lipinski definition) is 5. The second-order valence-electron chi connectivity index (χ2n) is 6.83. The maximum absolute atomic E-state index is 13.6. The van der Waals surface area contributed by atoms with Crippen LogP contribution in [0, 0.1) is 5.82 Å². The minimum Gasteiger partial charge on any atom is -0.490 e. The highest BCUT2D eigenvalue weighted by Gasteiger charge is 2.19. The average molecular weight is 337 g/mol. The van der Waals surface area contributed by atoms with Crippen molar-refractivity contribution < 1.29 is 19.0 Å². The van der Waals surface area contributed by atoms with Crippen molar-refractivity contribution in [2.75, 3.05) is 13.2 Å². The van der Waals surface area contributed by atoms with E-state index in [2.05, 4.69) is 15.8 Å². The lowest BCUT2D eigenvalue weighted by molar-refractivity contribution is -0.121. The smallest absolute Gasteiger partial charge is 0.240 e. The molecule has 0 aromatic heterocycles. The van der Waals surface area contributed by atoms with Crippen LogP contribution in [-0.2, 0) is 4.79 Å². The van der Waals surface area contributed by atoms with Crippen LogP contribution in [0.25, 0.3) is 0 Å². The Balaban J connectivity index is 2.04. The van der Waals surface area contributed by atoms with Crippen molar-refractivity contribution in [3.63, 3.8) is 0 Å². The lowest BCUT2D eigenvalue weighted by atomic mass is 10.0. The Bertz CT molecular complexity index is 626. The first kappa shape index (κ1) is 18.4. The Morgan fingerprint density at radius 1 is 1.42 bits per heavy atom. The zero-order valence-corrected chi connectivity index (χ0v) is 14.2. The number of carbonyl (C=O) groups is 1. The van der Waals surface area contributed by atoms with Gasteiger partial charge < -0.3 is 15.2 Å². The molecule has 1 amide bonds. The first-order valence-electron chi connectivity index (χ1n) is 7.96. The predicted octanol–water partition coefficient (Wildman–Crippen LogP) is 1.57. The molecule has 24 heavy (non-hydrogen) atoms. The van der Waals surface area contributed by atoms with E-state index >= 15 is 0 Å². The van der Waals surface area contributed by atoms with Crippen molar-refractivity contribution in [3.8, 4) is 5.75 Å². The number of carbonyl (C=O) groups excluding carboxylic acids is 1. The Morgan fingerprint density at radius 3 is 2.79 bits per heavy atom. The fourth-order valence-electron chi connectivity index (χ4n) is 2.19. The number of β-amino-alcohol motifs (C(OH)–C–C–N with tert-alkyl or cyclic N) is 1. The second-order valence-corrected chi connectivity index (χ2v) is 6.83. The molecule has 0 saturated carbocycles. The number of amides is 1. The fraction of sp³-hybridized carbons (Fsp3) is 0.529. The van der Waals surface area contributed by atoms with Gasteiger partial charge in [-0.3, -0.25) is 4.79 Å². The largest absolute Gasteiger partial charge is 0.490 e. The maximum atomic E-state index is 13.6. The molecular formula is C17H24FN3O3. The highest BCUT2D eigenvalue weighted by Crippen LogP contribution is 2.23. The minimum atomic E-state index is -0.699. The van der Waals surface area contributed by atoms with E-state index in [1.807, 2.05) is 20.8 Å². The van der Waals surface area contributed by atoms with Crippen molar-refractivity contribution in [3.05, 3.63) is 29.6 Å². The first-order valence-corrected chi connectivity index (χ1v) is 7.96. The highest BCUT2D eigenvalue weighted by molar-refractivity contribution is 6.06. The molecule has 1 aliphatic rings. The number of aliphatic hydroxyl groups excluding tert-OH is 1. The van der Waals surface area contributed by atoms with Crippen LogP contribution in [0.15, 0.2) is 23.3 Å². The Morgan fingerprint density at radius 2 is 2.17 bits per heavy atom. The van der Waals surface area contributed by atoms with Crippen LogP contribution in [0.2, 0.25) is 0 Å². The third-order valence-corrected chi connectivity index (χ3v) is 3.46. The Kier molecular flexibility index (Phi) is 5.90. The molecule has 0 bridgehead atoms. The summed E-state index contributed by atoms with van der Waals surface area (Å²) in [6.45, 7) is 6.48. The van der Waals surface area contributed by atoms with Gasteiger partial charge in [0.1, 0.15) is 24.3 Å². The number of halogens is 1. The molecule has 1 atom stereocenters. The molecule has 0 spiro atoms. The van der Waals surface area contributed by atoms with Crippen molar-refractivity contribution in [1.82, 2.24) is 10.7 Å². The summed E-state index contributed by atoms with van der Waals surface area (Å²) in [5.41, 5.74) is 3.34. The van der Waals surface area contributed by atoms with Gasteiger partial charge in [0.25, 0.3) is 0 Å². The van der Waals surface area contributed by atoms with Gasteiger partial charge in [-0.25, -0.2) is 9.82 Å². The molecule has 0 saturated heterocycles. The van der Waals surface area contributed by atoms with E-state index < -0.39 is 11.9 Å². The fourth-order valence-corrected chi connectivity index (χ4v) is 2.19. The van der Waals surface area contributed by atoms with Gasteiger partial charge in [0, 0.05) is 30.5 Å². The second kappa shape index (κ2) is 7.72. The Labute approximate surface area is 141 Å². The van der Waals surface area contributed by atoms with E-state index in [1.165, 1.54) is 18.2 Å². The number of nitrogens with zero attached hydrogens (tertiary/aromatic N) is 1. The molecule has 1 heterocycles. The molecule has 1 aromatic rings. The summed E-state index contributed by atoms with van der Waals surface area (Å²) in [6.07, 6.45) is 0.0160. The zero-order valence-electron chi connectivity index (χ0n) is 14.2. The van der Waals surface area contributed by atoms with E-state index in [-0.39, 0.29) is 18.1 Å². The standard InChI is InChI=1S/C17H24FN3O3/c1-17(2,3)19-9-12(22)10-24-15-6-4-11(18)8-13(15)14-5-7-16(23)21-20-14/h4,6,8,12,19,22H,5,7,9-10H2,1-3H3,(H,21,23). The summed E-state index contributed by atoms with van der Waals surface area (Å²) >= 11 is 0. The zero-order chi connectivity index (χ0) is 17.7. The van der Waals surface area contributed by atoms with E-state index in [1.54, 1.807) is 0 Å². The van der Waals surface area contributed by atoms with Crippen LogP contribution in [-0.4, -0.2) is 41.5 Å².